The van der Waals surface area contributed by atoms with Crippen LogP contribution in [0.4, 0.5) is 5.69 Å². The topological polar surface area (TPSA) is 75.3 Å². The highest BCUT2D eigenvalue weighted by atomic mass is 16.5. The number of hydrogen-bond acceptors (Lipinski definition) is 6. The van der Waals surface area contributed by atoms with Crippen molar-refractivity contribution in [2.45, 2.75) is 19.8 Å². The van der Waals surface area contributed by atoms with Gasteiger partial charge in [-0.1, -0.05) is 6.07 Å². The summed E-state index contributed by atoms with van der Waals surface area (Å²) in [6.07, 6.45) is 1.30. The van der Waals surface area contributed by atoms with Crippen LogP contribution in [0.5, 0.6) is 28.7 Å². The molecule has 0 saturated carbocycles. The first-order chi connectivity index (χ1) is 13.5. The van der Waals surface area contributed by atoms with E-state index in [-0.39, 0.29) is 5.91 Å². The van der Waals surface area contributed by atoms with E-state index < -0.39 is 0 Å². The predicted molar refractivity (Wildman–Crippen MR) is 107 cm³/mol. The van der Waals surface area contributed by atoms with E-state index in [0.29, 0.717) is 47.3 Å². The van der Waals surface area contributed by atoms with Crippen molar-refractivity contribution in [2.75, 3.05) is 40.9 Å². The van der Waals surface area contributed by atoms with E-state index in [1.807, 2.05) is 18.2 Å². The molecule has 0 fully saturated rings. The van der Waals surface area contributed by atoms with E-state index in [9.17, 15) is 4.79 Å². The summed E-state index contributed by atoms with van der Waals surface area (Å²) in [5, 5.41) is 2.85. The lowest BCUT2D eigenvalue weighted by Crippen LogP contribution is -2.11. The molecule has 0 radical (unpaired) electrons. The summed E-state index contributed by atoms with van der Waals surface area (Å²) in [6.45, 7) is 1.46. The average Bonchev–Trinajstić information content (AvgIpc) is 2.70. The number of benzene rings is 2. The molecule has 0 aliphatic rings. The summed E-state index contributed by atoms with van der Waals surface area (Å²) in [5.41, 5.74) is 2.51. The van der Waals surface area contributed by atoms with Crippen molar-refractivity contribution in [1.82, 2.24) is 0 Å². The second-order valence-corrected chi connectivity index (χ2v) is 6.04. The Kier molecular flexibility index (Phi) is 7.37. The summed E-state index contributed by atoms with van der Waals surface area (Å²) in [7, 11) is 7.86. The second-order valence-electron chi connectivity index (χ2n) is 6.04. The summed E-state index contributed by atoms with van der Waals surface area (Å²) >= 11 is 0. The third-order valence-corrected chi connectivity index (χ3v) is 4.36. The van der Waals surface area contributed by atoms with Gasteiger partial charge in [0.1, 0.15) is 0 Å². The molecule has 0 aromatic heterocycles. The summed E-state index contributed by atoms with van der Waals surface area (Å²) < 4.78 is 27.1. The Balaban J connectivity index is 2.44. The number of amides is 1. The molecule has 28 heavy (non-hydrogen) atoms. The van der Waals surface area contributed by atoms with Gasteiger partial charge >= 0.3 is 0 Å². The fourth-order valence-electron chi connectivity index (χ4n) is 3.07. The number of anilines is 1. The maximum Gasteiger partial charge on any atom is 0.221 e. The third-order valence-electron chi connectivity index (χ3n) is 4.36. The normalized spacial score (nSPS) is 10.2. The first kappa shape index (κ1) is 21.2. The van der Waals surface area contributed by atoms with Crippen molar-refractivity contribution in [3.8, 4) is 28.7 Å². The van der Waals surface area contributed by atoms with Crippen LogP contribution in [0.2, 0.25) is 0 Å². The van der Waals surface area contributed by atoms with Crippen molar-refractivity contribution in [3.05, 3.63) is 35.4 Å². The maximum absolute atomic E-state index is 11.7. The molecule has 2 rings (SSSR count). The van der Waals surface area contributed by atoms with E-state index in [1.54, 1.807) is 34.5 Å². The molecule has 0 aliphatic carbocycles. The minimum atomic E-state index is -0.179. The van der Waals surface area contributed by atoms with Crippen molar-refractivity contribution in [2.24, 2.45) is 0 Å². The first-order valence-corrected chi connectivity index (χ1v) is 8.79. The SMILES string of the molecule is COc1ccc(CCc2c(NC(C)=O)cc(OC)c(OC)c2OC)cc1OC. The Morgan fingerprint density at radius 1 is 0.786 bits per heavy atom. The molecule has 7 heteroatoms. The lowest BCUT2D eigenvalue weighted by molar-refractivity contribution is -0.114. The van der Waals surface area contributed by atoms with Crippen molar-refractivity contribution < 1.29 is 28.5 Å². The highest BCUT2D eigenvalue weighted by Crippen LogP contribution is 2.44. The molecule has 2 aromatic carbocycles. The lowest BCUT2D eigenvalue weighted by atomic mass is 10.0. The van der Waals surface area contributed by atoms with Crippen LogP contribution in [-0.2, 0) is 17.6 Å². The highest BCUT2D eigenvalue weighted by Gasteiger charge is 2.21. The Labute approximate surface area is 165 Å². The molecule has 2 aromatic rings. The van der Waals surface area contributed by atoms with Crippen LogP contribution in [0.3, 0.4) is 0 Å². The van der Waals surface area contributed by atoms with Crippen molar-refractivity contribution in [3.63, 3.8) is 0 Å². The van der Waals surface area contributed by atoms with E-state index in [4.69, 9.17) is 23.7 Å². The Hall–Kier alpha value is -3.09. The molecule has 0 aliphatic heterocycles. The fourth-order valence-corrected chi connectivity index (χ4v) is 3.07. The molecule has 1 N–H and O–H groups in total. The van der Waals surface area contributed by atoms with Crippen molar-refractivity contribution >= 4 is 11.6 Å². The molecule has 152 valence electrons. The number of methoxy groups -OCH3 is 5. The number of rotatable bonds is 9. The third kappa shape index (κ3) is 4.60. The average molecular weight is 389 g/mol. The molecule has 7 nitrogen and oxygen atoms in total. The summed E-state index contributed by atoms with van der Waals surface area (Å²) in [4.78, 5) is 11.7. The zero-order valence-corrected chi connectivity index (χ0v) is 17.2. The zero-order chi connectivity index (χ0) is 20.7. The van der Waals surface area contributed by atoms with Gasteiger partial charge in [0.05, 0.1) is 41.2 Å². The number of hydrogen-bond donors (Lipinski definition) is 1. The Morgan fingerprint density at radius 3 is 1.96 bits per heavy atom. The Morgan fingerprint density at radius 2 is 1.43 bits per heavy atom. The van der Waals surface area contributed by atoms with E-state index in [2.05, 4.69) is 5.32 Å². The zero-order valence-electron chi connectivity index (χ0n) is 17.2. The molecule has 0 atom stereocenters. The maximum atomic E-state index is 11.7. The van der Waals surface area contributed by atoms with Crippen LogP contribution in [0.25, 0.3) is 0 Å². The van der Waals surface area contributed by atoms with Crippen LogP contribution in [0.1, 0.15) is 18.1 Å². The Bertz CT molecular complexity index is 834. The molecule has 0 spiro atoms. The number of carbonyl (C=O) groups is 1. The van der Waals surface area contributed by atoms with Crippen LogP contribution in [-0.4, -0.2) is 41.5 Å². The molecule has 0 bridgehead atoms. The highest BCUT2D eigenvalue weighted by molar-refractivity contribution is 5.91. The van der Waals surface area contributed by atoms with E-state index >= 15 is 0 Å². The lowest BCUT2D eigenvalue weighted by Gasteiger charge is -2.20. The number of nitrogens with one attached hydrogen (secondary N) is 1. The van der Waals surface area contributed by atoms with E-state index in [1.165, 1.54) is 14.0 Å². The van der Waals surface area contributed by atoms with Gasteiger partial charge in [-0.05, 0) is 30.5 Å². The number of ether oxygens (including phenoxy) is 5. The summed E-state index contributed by atoms with van der Waals surface area (Å²) in [6, 6.07) is 7.53. The van der Waals surface area contributed by atoms with Gasteiger partial charge < -0.3 is 29.0 Å². The van der Waals surface area contributed by atoms with Crippen LogP contribution >= 0.6 is 0 Å². The van der Waals surface area contributed by atoms with E-state index in [0.717, 1.165) is 11.1 Å². The number of carbonyl (C=O) groups excluding carboxylic acids is 1. The molecular weight excluding hydrogens is 362 g/mol. The monoisotopic (exact) mass is 389 g/mol. The van der Waals surface area contributed by atoms with Gasteiger partial charge in [0.15, 0.2) is 23.0 Å². The van der Waals surface area contributed by atoms with Gasteiger partial charge in [-0.25, -0.2) is 0 Å². The van der Waals surface area contributed by atoms with Crippen LogP contribution in [0.15, 0.2) is 24.3 Å². The molecule has 0 unspecified atom stereocenters. The fraction of sp³-hybridized carbons (Fsp3) is 0.381. The molecular formula is C21H27NO6. The number of aryl methyl sites for hydroxylation is 1. The van der Waals surface area contributed by atoms with Gasteiger partial charge in [0.2, 0.25) is 11.7 Å². The van der Waals surface area contributed by atoms with Crippen molar-refractivity contribution in [1.29, 1.82) is 0 Å². The van der Waals surface area contributed by atoms with Gasteiger partial charge in [-0.15, -0.1) is 0 Å². The molecule has 0 heterocycles. The van der Waals surface area contributed by atoms with Crippen LogP contribution < -0.4 is 29.0 Å². The van der Waals surface area contributed by atoms with Gasteiger partial charge in [-0.3, -0.25) is 4.79 Å². The second kappa shape index (κ2) is 9.73. The smallest absolute Gasteiger partial charge is 0.221 e. The van der Waals surface area contributed by atoms with Crippen LogP contribution in [0, 0.1) is 0 Å². The van der Waals surface area contributed by atoms with Gasteiger partial charge in [0.25, 0.3) is 0 Å². The molecule has 0 saturated heterocycles. The minimum Gasteiger partial charge on any atom is -0.493 e. The standard InChI is InChI=1S/C21H27NO6/c1-13(23)22-16-12-19(26-4)21(28-6)20(27-5)15(16)9-7-14-8-10-17(24-2)18(11-14)25-3/h8,10-12H,7,9H2,1-6H3,(H,22,23). The predicted octanol–water partition coefficient (Wildman–Crippen LogP) is 3.47. The quantitative estimate of drug-likeness (QED) is 0.708. The minimum absolute atomic E-state index is 0.179. The largest absolute Gasteiger partial charge is 0.493 e. The molecule has 1 amide bonds. The van der Waals surface area contributed by atoms with Gasteiger partial charge in [-0.2, -0.15) is 0 Å². The summed E-state index contributed by atoms with van der Waals surface area (Å²) in [5.74, 6) is 2.67. The van der Waals surface area contributed by atoms with Gasteiger partial charge in [0, 0.05) is 18.6 Å². The first-order valence-electron chi connectivity index (χ1n) is 8.79.